The molecule has 1 aliphatic carbocycles. The summed E-state index contributed by atoms with van der Waals surface area (Å²) < 4.78 is 0. The molecule has 0 saturated carbocycles. The van der Waals surface area contributed by atoms with Crippen molar-refractivity contribution < 1.29 is 0 Å². The molecule has 110 valence electrons. The summed E-state index contributed by atoms with van der Waals surface area (Å²) in [7, 11) is 0. The van der Waals surface area contributed by atoms with E-state index in [1.165, 1.54) is 5.56 Å². The summed E-state index contributed by atoms with van der Waals surface area (Å²) in [6.45, 7) is 3.07. The second kappa shape index (κ2) is 6.20. The molecule has 0 fully saturated rings. The molecule has 0 saturated heterocycles. The molecule has 5 heteroatoms. The number of halogens is 2. The third-order valence-electron chi connectivity index (χ3n) is 3.65. The molecule has 1 aliphatic rings. The first kappa shape index (κ1) is 14.6. The highest BCUT2D eigenvalue weighted by Crippen LogP contribution is 2.31. The van der Waals surface area contributed by atoms with E-state index in [2.05, 4.69) is 12.2 Å². The maximum atomic E-state index is 6.10. The number of aryl methyl sites for hydroxylation is 1. The van der Waals surface area contributed by atoms with Crippen LogP contribution < -0.4 is 5.32 Å². The summed E-state index contributed by atoms with van der Waals surface area (Å²) in [4.78, 5) is 9.41. The minimum Gasteiger partial charge on any atom is -0.370 e. The number of rotatable bonds is 4. The van der Waals surface area contributed by atoms with Crippen molar-refractivity contribution in [1.29, 1.82) is 0 Å². The number of nitrogens with zero attached hydrogens (tertiary/aromatic N) is 2. The monoisotopic (exact) mass is 321 g/mol. The van der Waals surface area contributed by atoms with Gasteiger partial charge in [0.1, 0.15) is 5.82 Å². The van der Waals surface area contributed by atoms with Gasteiger partial charge in [-0.25, -0.2) is 9.97 Å². The molecule has 1 heterocycles. The highest BCUT2D eigenvalue weighted by Gasteiger charge is 2.19. The first-order valence-electron chi connectivity index (χ1n) is 7.28. The largest absolute Gasteiger partial charge is 0.370 e. The van der Waals surface area contributed by atoms with Crippen LogP contribution in [0.5, 0.6) is 0 Å². The first-order chi connectivity index (χ1) is 10.2. The quantitative estimate of drug-likeness (QED) is 0.882. The molecule has 1 aromatic carbocycles. The van der Waals surface area contributed by atoms with E-state index in [9.17, 15) is 0 Å². The van der Waals surface area contributed by atoms with E-state index in [4.69, 9.17) is 33.2 Å². The Morgan fingerprint density at radius 3 is 2.76 bits per heavy atom. The third-order valence-corrected chi connectivity index (χ3v) is 4.39. The van der Waals surface area contributed by atoms with E-state index in [0.29, 0.717) is 15.9 Å². The van der Waals surface area contributed by atoms with Crippen LogP contribution in [0.25, 0.3) is 11.4 Å². The van der Waals surface area contributed by atoms with Gasteiger partial charge in [0.15, 0.2) is 5.82 Å². The van der Waals surface area contributed by atoms with E-state index in [-0.39, 0.29) is 0 Å². The molecule has 21 heavy (non-hydrogen) atoms. The van der Waals surface area contributed by atoms with Gasteiger partial charge in [-0.3, -0.25) is 0 Å². The van der Waals surface area contributed by atoms with Crippen molar-refractivity contribution >= 4 is 29.0 Å². The van der Waals surface area contributed by atoms with Crippen LogP contribution in [0.2, 0.25) is 10.0 Å². The van der Waals surface area contributed by atoms with Crippen LogP contribution in [0.3, 0.4) is 0 Å². The highest BCUT2D eigenvalue weighted by atomic mass is 35.5. The Morgan fingerprint density at radius 1 is 1.14 bits per heavy atom. The van der Waals surface area contributed by atoms with E-state index in [1.807, 2.05) is 12.1 Å². The molecule has 1 N–H and O–H groups in total. The number of hydrogen-bond donors (Lipinski definition) is 1. The summed E-state index contributed by atoms with van der Waals surface area (Å²) in [5.74, 6) is 1.69. The molecule has 0 radical (unpaired) electrons. The molecule has 0 unspecified atom stereocenters. The van der Waals surface area contributed by atoms with Crippen LogP contribution in [-0.4, -0.2) is 16.5 Å². The molecule has 3 nitrogen and oxygen atoms in total. The van der Waals surface area contributed by atoms with E-state index >= 15 is 0 Å². The predicted molar refractivity (Wildman–Crippen MR) is 88.3 cm³/mol. The Morgan fingerprint density at radius 2 is 2.00 bits per heavy atom. The lowest BCUT2D eigenvalue weighted by molar-refractivity contribution is 0.899. The van der Waals surface area contributed by atoms with E-state index in [1.54, 1.807) is 6.07 Å². The number of hydrogen-bond acceptors (Lipinski definition) is 3. The van der Waals surface area contributed by atoms with Crippen LogP contribution in [0, 0.1) is 0 Å². The summed E-state index contributed by atoms with van der Waals surface area (Å²) in [6.07, 6.45) is 4.30. The van der Waals surface area contributed by atoms with Gasteiger partial charge in [0, 0.05) is 23.4 Å². The van der Waals surface area contributed by atoms with Crippen molar-refractivity contribution in [3.8, 4) is 11.4 Å². The zero-order valence-corrected chi connectivity index (χ0v) is 13.4. The first-order valence-corrected chi connectivity index (χ1v) is 8.03. The summed E-state index contributed by atoms with van der Waals surface area (Å²) in [6, 6.07) is 5.52. The van der Waals surface area contributed by atoms with Gasteiger partial charge in [-0.2, -0.15) is 0 Å². The van der Waals surface area contributed by atoms with Crippen LogP contribution in [0.4, 0.5) is 5.82 Å². The number of anilines is 1. The topological polar surface area (TPSA) is 37.8 Å². The average molecular weight is 322 g/mol. The Kier molecular flexibility index (Phi) is 4.32. The molecule has 0 amide bonds. The second-order valence-electron chi connectivity index (χ2n) is 5.23. The van der Waals surface area contributed by atoms with Crippen LogP contribution >= 0.6 is 23.2 Å². The van der Waals surface area contributed by atoms with Crippen molar-refractivity contribution in [1.82, 2.24) is 9.97 Å². The molecular weight excluding hydrogens is 305 g/mol. The van der Waals surface area contributed by atoms with Gasteiger partial charge in [-0.15, -0.1) is 0 Å². The molecular formula is C16H17Cl2N3. The lowest BCUT2D eigenvalue weighted by Gasteiger charge is -2.12. The fourth-order valence-electron chi connectivity index (χ4n) is 2.59. The summed E-state index contributed by atoms with van der Waals surface area (Å²) >= 11 is 12.1. The van der Waals surface area contributed by atoms with Gasteiger partial charge in [-0.1, -0.05) is 30.1 Å². The minimum atomic E-state index is 0.529. The zero-order valence-electron chi connectivity index (χ0n) is 11.9. The molecule has 1 aromatic heterocycles. The van der Waals surface area contributed by atoms with E-state index < -0.39 is 0 Å². The van der Waals surface area contributed by atoms with Crippen molar-refractivity contribution in [2.24, 2.45) is 0 Å². The maximum absolute atomic E-state index is 6.10. The van der Waals surface area contributed by atoms with Crippen molar-refractivity contribution in [2.45, 2.75) is 32.6 Å². The predicted octanol–water partition coefficient (Wildman–Crippen LogP) is 4.76. The van der Waals surface area contributed by atoms with Gasteiger partial charge in [0.2, 0.25) is 0 Å². The second-order valence-corrected chi connectivity index (χ2v) is 6.04. The van der Waals surface area contributed by atoms with E-state index in [0.717, 1.165) is 49.3 Å². The van der Waals surface area contributed by atoms with Crippen molar-refractivity contribution in [3.05, 3.63) is 39.5 Å². The lowest BCUT2D eigenvalue weighted by atomic mass is 10.2. The Bertz CT molecular complexity index is 671. The highest BCUT2D eigenvalue weighted by molar-refractivity contribution is 6.42. The molecule has 3 rings (SSSR count). The Hall–Kier alpha value is -1.32. The van der Waals surface area contributed by atoms with Crippen LogP contribution in [0.1, 0.15) is 31.0 Å². The molecule has 0 aliphatic heterocycles. The SMILES string of the molecule is CCCNc1nc(-c2ccc(Cl)c(Cl)c2)nc2c1CCC2. The number of fused-ring (bicyclic) bond motifs is 1. The fraction of sp³-hybridized carbons (Fsp3) is 0.375. The Balaban J connectivity index is 2.04. The minimum absolute atomic E-state index is 0.529. The van der Waals surface area contributed by atoms with Gasteiger partial charge >= 0.3 is 0 Å². The molecule has 0 atom stereocenters. The number of benzene rings is 1. The lowest BCUT2D eigenvalue weighted by Crippen LogP contribution is -2.08. The van der Waals surface area contributed by atoms with Crippen molar-refractivity contribution in [3.63, 3.8) is 0 Å². The standard InChI is InChI=1S/C16H17Cl2N3/c1-2-8-19-16-11-4-3-5-14(11)20-15(21-16)10-6-7-12(17)13(18)9-10/h6-7,9H,2-5,8H2,1H3,(H,19,20,21). The van der Waals surface area contributed by atoms with Gasteiger partial charge < -0.3 is 5.32 Å². The van der Waals surface area contributed by atoms with Gasteiger partial charge in [0.25, 0.3) is 0 Å². The van der Waals surface area contributed by atoms with Crippen molar-refractivity contribution in [2.75, 3.05) is 11.9 Å². The number of aromatic nitrogens is 2. The Labute approximate surface area is 134 Å². The summed E-state index contributed by atoms with van der Waals surface area (Å²) in [5, 5.41) is 4.50. The van der Waals surface area contributed by atoms with Gasteiger partial charge in [-0.05, 0) is 43.9 Å². The van der Waals surface area contributed by atoms with Gasteiger partial charge in [0.05, 0.1) is 10.0 Å². The molecule has 0 bridgehead atoms. The number of nitrogens with one attached hydrogen (secondary N) is 1. The molecule has 0 spiro atoms. The zero-order chi connectivity index (χ0) is 14.8. The smallest absolute Gasteiger partial charge is 0.161 e. The fourth-order valence-corrected chi connectivity index (χ4v) is 2.88. The molecule has 2 aromatic rings. The third kappa shape index (κ3) is 2.99. The average Bonchev–Trinajstić information content (AvgIpc) is 2.96. The normalized spacial score (nSPS) is 13.3. The maximum Gasteiger partial charge on any atom is 0.161 e. The summed E-state index contributed by atoms with van der Waals surface area (Å²) in [5.41, 5.74) is 3.33. The van der Waals surface area contributed by atoms with Crippen LogP contribution in [-0.2, 0) is 12.8 Å². The van der Waals surface area contributed by atoms with Crippen LogP contribution in [0.15, 0.2) is 18.2 Å².